The second kappa shape index (κ2) is 3.55. The zero-order chi connectivity index (χ0) is 11.8. The van der Waals surface area contributed by atoms with Crippen LogP contribution in [0, 0.1) is 0 Å². The molecular weight excluding hydrogens is 216 g/mol. The van der Waals surface area contributed by atoms with Crippen molar-refractivity contribution in [2.45, 2.75) is 0 Å². The number of aromatic nitrogens is 3. The summed E-state index contributed by atoms with van der Waals surface area (Å²) in [6.07, 6.45) is 3.60. The van der Waals surface area contributed by atoms with E-state index in [1.807, 2.05) is 24.4 Å². The Morgan fingerprint density at radius 1 is 1.29 bits per heavy atom. The molecule has 1 aromatic carbocycles. The number of rotatable bonds is 2. The van der Waals surface area contributed by atoms with E-state index in [1.54, 1.807) is 13.3 Å². The number of ether oxygens (including phenoxy) is 1. The number of nitrogens with one attached hydrogen (secondary N) is 2. The average molecular weight is 228 g/mol. The van der Waals surface area contributed by atoms with Gasteiger partial charge in [0.05, 0.1) is 13.3 Å². The number of aromatic amines is 2. The van der Waals surface area contributed by atoms with Gasteiger partial charge in [0, 0.05) is 28.2 Å². The Morgan fingerprint density at radius 3 is 2.88 bits per heavy atom. The summed E-state index contributed by atoms with van der Waals surface area (Å²) in [5, 5.41) is 7.75. The number of hydrogen-bond acceptors (Lipinski definition) is 3. The predicted molar refractivity (Wildman–Crippen MR) is 66.8 cm³/mol. The van der Waals surface area contributed by atoms with Gasteiger partial charge < -0.3 is 15.5 Å². The Balaban J connectivity index is 2.39. The highest BCUT2D eigenvalue weighted by molar-refractivity contribution is 6.00. The van der Waals surface area contributed by atoms with Gasteiger partial charge in [-0.15, -0.1) is 0 Å². The summed E-state index contributed by atoms with van der Waals surface area (Å²) in [6.45, 7) is 0. The molecule has 0 aliphatic heterocycles. The van der Waals surface area contributed by atoms with Crippen molar-refractivity contribution in [2.75, 3.05) is 12.8 Å². The lowest BCUT2D eigenvalue weighted by molar-refractivity contribution is 0.417. The van der Waals surface area contributed by atoms with Crippen molar-refractivity contribution in [1.82, 2.24) is 15.2 Å². The van der Waals surface area contributed by atoms with Crippen LogP contribution in [-0.4, -0.2) is 22.3 Å². The molecular formula is C12H12N4O. The Bertz CT molecular complexity index is 668. The van der Waals surface area contributed by atoms with Crippen LogP contribution in [0.4, 0.5) is 5.82 Å². The lowest BCUT2D eigenvalue weighted by Crippen LogP contribution is -1.92. The van der Waals surface area contributed by atoms with Crippen molar-refractivity contribution < 1.29 is 4.74 Å². The third-order valence-electron chi connectivity index (χ3n) is 2.85. The van der Waals surface area contributed by atoms with Crippen LogP contribution in [0.15, 0.2) is 30.6 Å². The Kier molecular flexibility index (Phi) is 2.04. The number of nitrogens with two attached hydrogens (primary N) is 1. The summed E-state index contributed by atoms with van der Waals surface area (Å²) >= 11 is 0. The van der Waals surface area contributed by atoms with E-state index in [0.29, 0.717) is 5.82 Å². The van der Waals surface area contributed by atoms with Crippen molar-refractivity contribution in [3.63, 3.8) is 0 Å². The molecule has 0 unspecified atom stereocenters. The maximum absolute atomic E-state index is 5.87. The maximum Gasteiger partial charge on any atom is 0.127 e. The van der Waals surface area contributed by atoms with Crippen molar-refractivity contribution in [3.8, 4) is 16.9 Å². The molecule has 0 saturated heterocycles. The van der Waals surface area contributed by atoms with Gasteiger partial charge in [-0.3, -0.25) is 5.10 Å². The molecule has 5 heteroatoms. The molecule has 3 rings (SSSR count). The van der Waals surface area contributed by atoms with Gasteiger partial charge in [-0.1, -0.05) is 0 Å². The quantitative estimate of drug-likeness (QED) is 0.628. The Morgan fingerprint density at radius 2 is 2.18 bits per heavy atom. The zero-order valence-corrected chi connectivity index (χ0v) is 9.32. The number of methoxy groups -OCH3 is 1. The van der Waals surface area contributed by atoms with Gasteiger partial charge in [-0.05, 0) is 18.2 Å². The number of nitrogen functional groups attached to an aromatic ring is 1. The molecule has 4 N–H and O–H groups in total. The lowest BCUT2D eigenvalue weighted by Gasteiger charge is -2.09. The summed E-state index contributed by atoms with van der Waals surface area (Å²) in [5.74, 6) is 1.32. The Hall–Kier alpha value is -2.43. The van der Waals surface area contributed by atoms with Gasteiger partial charge in [-0.25, -0.2) is 0 Å². The minimum Gasteiger partial charge on any atom is -0.496 e. The molecule has 0 spiro atoms. The number of fused-ring (bicyclic) bond motifs is 1. The highest BCUT2D eigenvalue weighted by Crippen LogP contribution is 2.38. The first-order valence-electron chi connectivity index (χ1n) is 5.24. The van der Waals surface area contributed by atoms with Crippen LogP contribution in [0.25, 0.3) is 22.0 Å². The first kappa shape index (κ1) is 9.77. The smallest absolute Gasteiger partial charge is 0.127 e. The fourth-order valence-electron chi connectivity index (χ4n) is 2.06. The van der Waals surface area contributed by atoms with Gasteiger partial charge in [-0.2, -0.15) is 5.10 Å². The van der Waals surface area contributed by atoms with Gasteiger partial charge in [0.2, 0.25) is 0 Å². The number of hydrogen-bond donors (Lipinski definition) is 3. The number of anilines is 1. The number of benzene rings is 1. The molecule has 86 valence electrons. The largest absolute Gasteiger partial charge is 0.496 e. The van der Waals surface area contributed by atoms with Gasteiger partial charge in [0.1, 0.15) is 11.6 Å². The molecule has 17 heavy (non-hydrogen) atoms. The van der Waals surface area contributed by atoms with E-state index in [-0.39, 0.29) is 0 Å². The summed E-state index contributed by atoms with van der Waals surface area (Å²) in [5.41, 5.74) is 8.72. The minimum absolute atomic E-state index is 0.539. The van der Waals surface area contributed by atoms with E-state index in [9.17, 15) is 0 Å². The molecule has 0 aliphatic carbocycles. The summed E-state index contributed by atoms with van der Waals surface area (Å²) in [7, 11) is 1.65. The Labute approximate surface area is 97.6 Å². The van der Waals surface area contributed by atoms with Crippen molar-refractivity contribution >= 4 is 16.7 Å². The zero-order valence-electron chi connectivity index (χ0n) is 9.32. The lowest BCUT2D eigenvalue weighted by atomic mass is 10.0. The van der Waals surface area contributed by atoms with Gasteiger partial charge >= 0.3 is 0 Å². The monoisotopic (exact) mass is 228 g/mol. The molecule has 5 nitrogen and oxygen atoms in total. The highest BCUT2D eigenvalue weighted by atomic mass is 16.5. The van der Waals surface area contributed by atoms with Crippen molar-refractivity contribution in [3.05, 3.63) is 30.6 Å². The molecule has 0 bridgehead atoms. The fourth-order valence-corrected chi connectivity index (χ4v) is 2.06. The molecule has 3 aromatic rings. The summed E-state index contributed by atoms with van der Waals surface area (Å²) in [6, 6.07) is 5.90. The molecule has 0 saturated carbocycles. The SMILES string of the molecule is COc1ccc2[nH]ccc2c1-c1cn[nH]c1N. The first-order chi connectivity index (χ1) is 8.31. The first-order valence-corrected chi connectivity index (χ1v) is 5.24. The third-order valence-corrected chi connectivity index (χ3v) is 2.85. The van der Waals surface area contributed by atoms with Crippen LogP contribution in [0.3, 0.4) is 0 Å². The van der Waals surface area contributed by atoms with Gasteiger partial charge in [0.25, 0.3) is 0 Å². The molecule has 0 atom stereocenters. The minimum atomic E-state index is 0.539. The molecule has 0 aliphatic rings. The molecule has 2 heterocycles. The highest BCUT2D eigenvalue weighted by Gasteiger charge is 2.14. The van der Waals surface area contributed by atoms with E-state index < -0.39 is 0 Å². The topological polar surface area (TPSA) is 79.7 Å². The molecule has 0 fully saturated rings. The van der Waals surface area contributed by atoms with Crippen LogP contribution in [0.5, 0.6) is 5.75 Å². The van der Waals surface area contributed by atoms with E-state index in [2.05, 4.69) is 15.2 Å². The summed E-state index contributed by atoms with van der Waals surface area (Å²) < 4.78 is 5.39. The number of nitrogens with zero attached hydrogens (tertiary/aromatic N) is 1. The average Bonchev–Trinajstić information content (AvgIpc) is 2.96. The molecule has 0 amide bonds. The fraction of sp³-hybridized carbons (Fsp3) is 0.0833. The van der Waals surface area contributed by atoms with Crippen LogP contribution in [0.2, 0.25) is 0 Å². The second-order valence-corrected chi connectivity index (χ2v) is 3.78. The van der Waals surface area contributed by atoms with Crippen LogP contribution in [0.1, 0.15) is 0 Å². The predicted octanol–water partition coefficient (Wildman–Crippen LogP) is 2.15. The second-order valence-electron chi connectivity index (χ2n) is 3.78. The van der Waals surface area contributed by atoms with E-state index in [4.69, 9.17) is 10.5 Å². The van der Waals surface area contributed by atoms with Crippen molar-refractivity contribution in [1.29, 1.82) is 0 Å². The van der Waals surface area contributed by atoms with E-state index >= 15 is 0 Å². The third kappa shape index (κ3) is 1.36. The maximum atomic E-state index is 5.87. The molecule has 2 aromatic heterocycles. The van der Waals surface area contributed by atoms with Crippen molar-refractivity contribution in [2.24, 2.45) is 0 Å². The van der Waals surface area contributed by atoms with Crippen LogP contribution in [-0.2, 0) is 0 Å². The standard InChI is InChI=1S/C12H12N4O/c1-17-10-3-2-9-7(4-5-14-9)11(10)8-6-15-16-12(8)13/h2-6,14H,1H3,(H3,13,15,16). The van der Waals surface area contributed by atoms with E-state index in [1.165, 1.54) is 0 Å². The van der Waals surface area contributed by atoms with E-state index in [0.717, 1.165) is 27.8 Å². The van der Waals surface area contributed by atoms with Crippen LogP contribution >= 0.6 is 0 Å². The van der Waals surface area contributed by atoms with Crippen LogP contribution < -0.4 is 10.5 Å². The molecule has 0 radical (unpaired) electrons. The number of H-pyrrole nitrogens is 2. The summed E-state index contributed by atoms with van der Waals surface area (Å²) in [4.78, 5) is 3.17. The van der Waals surface area contributed by atoms with Gasteiger partial charge in [0.15, 0.2) is 0 Å². The normalized spacial score (nSPS) is 10.9.